The molecule has 0 bridgehead atoms. The lowest BCUT2D eigenvalue weighted by molar-refractivity contribution is -0.385. The summed E-state index contributed by atoms with van der Waals surface area (Å²) < 4.78 is 26.2. The third kappa shape index (κ3) is 3.14. The van der Waals surface area contributed by atoms with Crippen LogP contribution in [0.1, 0.15) is 10.4 Å². The van der Waals surface area contributed by atoms with E-state index in [1.807, 2.05) is 0 Å². The summed E-state index contributed by atoms with van der Waals surface area (Å²) in [5.41, 5.74) is -1.20. The van der Waals surface area contributed by atoms with Gasteiger partial charge < -0.3 is 5.32 Å². The molecule has 0 aliphatic rings. The molecule has 5 nitrogen and oxygen atoms in total. The first-order valence-corrected chi connectivity index (χ1v) is 5.97. The van der Waals surface area contributed by atoms with E-state index in [1.165, 1.54) is 18.2 Å². The van der Waals surface area contributed by atoms with Gasteiger partial charge in [0.2, 0.25) is 0 Å². The van der Waals surface area contributed by atoms with Crippen LogP contribution in [0.25, 0.3) is 0 Å². The number of benzene rings is 2. The summed E-state index contributed by atoms with van der Waals surface area (Å²) in [5.74, 6) is -2.72. The largest absolute Gasteiger partial charge is 0.319 e. The molecular weight excluding hydrogens is 306 g/mol. The zero-order valence-electron chi connectivity index (χ0n) is 10.3. The van der Waals surface area contributed by atoms with Crippen molar-refractivity contribution in [3.05, 3.63) is 68.7 Å². The van der Waals surface area contributed by atoms with E-state index in [4.69, 9.17) is 11.6 Å². The monoisotopic (exact) mass is 312 g/mol. The second-order valence-corrected chi connectivity index (χ2v) is 4.38. The van der Waals surface area contributed by atoms with E-state index in [0.717, 1.165) is 12.1 Å². The number of carbonyl (C=O) groups is 1. The summed E-state index contributed by atoms with van der Waals surface area (Å²) in [6.45, 7) is 0. The molecule has 0 aromatic heterocycles. The number of halogens is 3. The third-order valence-corrected chi connectivity index (χ3v) is 2.90. The summed E-state index contributed by atoms with van der Waals surface area (Å²) in [6.07, 6.45) is 0. The van der Waals surface area contributed by atoms with Crippen molar-refractivity contribution in [2.45, 2.75) is 0 Å². The molecule has 2 rings (SSSR count). The first-order valence-electron chi connectivity index (χ1n) is 5.59. The fraction of sp³-hybridized carbons (Fsp3) is 0. The Bertz CT molecular complexity index is 737. The Labute approximate surface area is 122 Å². The lowest BCUT2D eigenvalue weighted by Crippen LogP contribution is -2.15. The van der Waals surface area contributed by atoms with Crippen molar-refractivity contribution in [1.82, 2.24) is 0 Å². The van der Waals surface area contributed by atoms with Crippen LogP contribution in [0.2, 0.25) is 5.02 Å². The van der Waals surface area contributed by atoms with Gasteiger partial charge in [0.25, 0.3) is 5.91 Å². The number of para-hydroxylation sites is 1. The predicted octanol–water partition coefficient (Wildman–Crippen LogP) is 3.78. The number of carbonyl (C=O) groups excluding carboxylic acids is 1. The molecule has 0 radical (unpaired) electrons. The highest BCUT2D eigenvalue weighted by atomic mass is 35.5. The second kappa shape index (κ2) is 5.84. The van der Waals surface area contributed by atoms with Crippen molar-refractivity contribution in [2.75, 3.05) is 5.32 Å². The Balaban J connectivity index is 2.37. The molecule has 1 amide bonds. The van der Waals surface area contributed by atoms with Gasteiger partial charge in [0.05, 0.1) is 10.6 Å². The molecule has 0 saturated heterocycles. The third-order valence-electron chi connectivity index (χ3n) is 2.59. The summed E-state index contributed by atoms with van der Waals surface area (Å²) in [4.78, 5) is 22.1. The van der Waals surface area contributed by atoms with Crippen LogP contribution in [0.5, 0.6) is 0 Å². The molecule has 0 heterocycles. The molecule has 0 spiro atoms. The maximum atomic E-state index is 13.5. The van der Waals surface area contributed by atoms with Gasteiger partial charge in [-0.1, -0.05) is 17.7 Å². The normalized spacial score (nSPS) is 10.2. The molecule has 2 aromatic rings. The Morgan fingerprint density at radius 3 is 2.57 bits per heavy atom. The van der Waals surface area contributed by atoms with Gasteiger partial charge in [-0.2, -0.15) is 0 Å². The summed E-state index contributed by atoms with van der Waals surface area (Å²) >= 11 is 5.68. The Morgan fingerprint density at radius 2 is 1.95 bits per heavy atom. The minimum atomic E-state index is -0.993. The van der Waals surface area contributed by atoms with E-state index in [0.29, 0.717) is 6.07 Å². The van der Waals surface area contributed by atoms with Crippen molar-refractivity contribution in [3.8, 4) is 0 Å². The molecule has 0 aliphatic carbocycles. The molecule has 0 unspecified atom stereocenters. The lowest BCUT2D eigenvalue weighted by Gasteiger charge is -2.07. The second-order valence-electron chi connectivity index (χ2n) is 3.97. The van der Waals surface area contributed by atoms with Crippen LogP contribution in [-0.2, 0) is 0 Å². The molecule has 2 aromatic carbocycles. The SMILES string of the molecule is O=C(Nc1ccc(F)cc1F)c1cccc(Cl)c1[N+](=O)[O-]. The number of amides is 1. The zero-order valence-corrected chi connectivity index (χ0v) is 11.0. The number of nitro benzene ring substituents is 1. The average molecular weight is 313 g/mol. The minimum absolute atomic E-state index is 0.216. The van der Waals surface area contributed by atoms with E-state index in [-0.39, 0.29) is 16.3 Å². The van der Waals surface area contributed by atoms with Crippen LogP contribution in [0.3, 0.4) is 0 Å². The Morgan fingerprint density at radius 1 is 1.24 bits per heavy atom. The standard InChI is InChI=1S/C13H7ClF2N2O3/c14-9-3-1-2-8(12(9)18(20)21)13(19)17-11-5-4-7(15)6-10(11)16/h1-6H,(H,17,19). The maximum Gasteiger partial charge on any atom is 0.300 e. The van der Waals surface area contributed by atoms with Gasteiger partial charge in [-0.05, 0) is 24.3 Å². The number of hydrogen-bond acceptors (Lipinski definition) is 3. The quantitative estimate of drug-likeness (QED) is 0.692. The van der Waals surface area contributed by atoms with E-state index >= 15 is 0 Å². The van der Waals surface area contributed by atoms with Crippen molar-refractivity contribution >= 4 is 28.9 Å². The fourth-order valence-corrected chi connectivity index (χ4v) is 1.91. The fourth-order valence-electron chi connectivity index (χ4n) is 1.66. The topological polar surface area (TPSA) is 72.2 Å². The summed E-state index contributed by atoms with van der Waals surface area (Å²) in [7, 11) is 0. The van der Waals surface area contributed by atoms with Gasteiger partial charge >= 0.3 is 5.69 Å². The predicted molar refractivity (Wildman–Crippen MR) is 72.4 cm³/mol. The summed E-state index contributed by atoms with van der Waals surface area (Å²) in [5, 5.41) is 12.8. The molecule has 0 fully saturated rings. The van der Waals surface area contributed by atoms with Crippen molar-refractivity contribution in [3.63, 3.8) is 0 Å². The number of nitro groups is 1. The van der Waals surface area contributed by atoms with Crippen molar-refractivity contribution in [1.29, 1.82) is 0 Å². The van der Waals surface area contributed by atoms with Crippen LogP contribution in [0.4, 0.5) is 20.2 Å². The average Bonchev–Trinajstić information content (AvgIpc) is 2.41. The Hall–Kier alpha value is -2.54. The van der Waals surface area contributed by atoms with Gasteiger partial charge in [-0.3, -0.25) is 14.9 Å². The van der Waals surface area contributed by atoms with Gasteiger partial charge in [0.1, 0.15) is 22.2 Å². The van der Waals surface area contributed by atoms with E-state index in [2.05, 4.69) is 5.32 Å². The minimum Gasteiger partial charge on any atom is -0.319 e. The molecule has 0 saturated carbocycles. The molecule has 0 aliphatic heterocycles. The van der Waals surface area contributed by atoms with Gasteiger partial charge in [-0.25, -0.2) is 8.78 Å². The zero-order chi connectivity index (χ0) is 15.6. The molecule has 21 heavy (non-hydrogen) atoms. The molecule has 0 atom stereocenters. The first kappa shape index (κ1) is 14.9. The highest BCUT2D eigenvalue weighted by molar-refractivity contribution is 6.33. The van der Waals surface area contributed by atoms with Crippen LogP contribution < -0.4 is 5.32 Å². The van der Waals surface area contributed by atoms with Crippen LogP contribution in [0.15, 0.2) is 36.4 Å². The number of anilines is 1. The summed E-state index contributed by atoms with van der Waals surface area (Å²) in [6, 6.07) is 6.34. The molecule has 8 heteroatoms. The highest BCUT2D eigenvalue weighted by Crippen LogP contribution is 2.29. The van der Waals surface area contributed by atoms with Crippen LogP contribution in [-0.4, -0.2) is 10.8 Å². The smallest absolute Gasteiger partial charge is 0.300 e. The Kier molecular flexibility index (Phi) is 4.13. The first-order chi connectivity index (χ1) is 9.90. The number of nitrogens with one attached hydrogen (secondary N) is 1. The van der Waals surface area contributed by atoms with Gasteiger partial charge in [0.15, 0.2) is 0 Å². The molecular formula is C13H7ClF2N2O3. The van der Waals surface area contributed by atoms with Crippen LogP contribution in [0, 0.1) is 21.7 Å². The number of nitrogens with zero attached hydrogens (tertiary/aromatic N) is 1. The highest BCUT2D eigenvalue weighted by Gasteiger charge is 2.24. The van der Waals surface area contributed by atoms with Crippen LogP contribution >= 0.6 is 11.6 Å². The van der Waals surface area contributed by atoms with Gasteiger partial charge in [-0.15, -0.1) is 0 Å². The maximum absolute atomic E-state index is 13.5. The number of rotatable bonds is 3. The molecule has 1 N–H and O–H groups in total. The lowest BCUT2D eigenvalue weighted by atomic mass is 10.1. The molecule has 108 valence electrons. The van der Waals surface area contributed by atoms with Crippen molar-refractivity contribution < 1.29 is 18.5 Å². The number of hydrogen-bond donors (Lipinski definition) is 1. The van der Waals surface area contributed by atoms with E-state index in [9.17, 15) is 23.7 Å². The van der Waals surface area contributed by atoms with E-state index < -0.39 is 28.2 Å². The van der Waals surface area contributed by atoms with E-state index in [1.54, 1.807) is 0 Å². The van der Waals surface area contributed by atoms with Gasteiger partial charge in [0, 0.05) is 6.07 Å². The van der Waals surface area contributed by atoms with Crippen molar-refractivity contribution in [2.24, 2.45) is 0 Å².